The molecule has 204 valence electrons. The Labute approximate surface area is 240 Å². The number of aromatic nitrogens is 1. The minimum atomic E-state index is -0.696. The van der Waals surface area contributed by atoms with E-state index in [1.165, 1.54) is 11.3 Å². The highest BCUT2D eigenvalue weighted by molar-refractivity contribution is 7.07. The van der Waals surface area contributed by atoms with Crippen molar-refractivity contribution in [3.63, 3.8) is 0 Å². The number of hydrogen-bond acceptors (Lipinski definition) is 7. The molecular formula is C31H27ClN2O5S. The van der Waals surface area contributed by atoms with Crippen molar-refractivity contribution in [3.8, 4) is 11.5 Å². The number of allylic oxidation sites excluding steroid dienone is 1. The highest BCUT2D eigenvalue weighted by Gasteiger charge is 2.33. The summed E-state index contributed by atoms with van der Waals surface area (Å²) < 4.78 is 18.9. The van der Waals surface area contributed by atoms with Gasteiger partial charge >= 0.3 is 5.97 Å². The van der Waals surface area contributed by atoms with E-state index in [4.69, 9.17) is 25.8 Å². The number of esters is 1. The Morgan fingerprint density at radius 3 is 2.52 bits per heavy atom. The average molecular weight is 575 g/mol. The van der Waals surface area contributed by atoms with Gasteiger partial charge in [0.2, 0.25) is 0 Å². The van der Waals surface area contributed by atoms with Gasteiger partial charge in [0.25, 0.3) is 5.56 Å². The van der Waals surface area contributed by atoms with E-state index in [0.717, 1.165) is 16.7 Å². The van der Waals surface area contributed by atoms with Crippen LogP contribution in [0.3, 0.4) is 0 Å². The SMILES string of the molecule is CCOC(=O)C1=C(C)N=c2sc(=Cc3ccc(OCc4ccccc4)c(OC)c3)c(=O)n2[C@H]1c1ccc(Cl)cc1. The fourth-order valence-electron chi connectivity index (χ4n) is 4.53. The third-order valence-electron chi connectivity index (χ3n) is 6.43. The molecule has 0 saturated heterocycles. The second-order valence-electron chi connectivity index (χ2n) is 9.04. The molecule has 2 heterocycles. The van der Waals surface area contributed by atoms with Crippen LogP contribution >= 0.6 is 22.9 Å². The van der Waals surface area contributed by atoms with Gasteiger partial charge in [-0.1, -0.05) is 71.5 Å². The minimum Gasteiger partial charge on any atom is -0.493 e. The Balaban J connectivity index is 1.55. The van der Waals surface area contributed by atoms with Gasteiger partial charge < -0.3 is 14.2 Å². The van der Waals surface area contributed by atoms with Crippen molar-refractivity contribution in [2.75, 3.05) is 13.7 Å². The number of hydrogen-bond donors (Lipinski definition) is 0. The van der Waals surface area contributed by atoms with Crippen LogP contribution in [-0.2, 0) is 16.1 Å². The number of benzene rings is 3. The van der Waals surface area contributed by atoms with Gasteiger partial charge in [0.05, 0.1) is 35.6 Å². The molecule has 1 aromatic heterocycles. The highest BCUT2D eigenvalue weighted by Crippen LogP contribution is 2.32. The molecule has 1 aliphatic heterocycles. The summed E-state index contributed by atoms with van der Waals surface area (Å²) in [7, 11) is 1.58. The molecule has 0 bridgehead atoms. The zero-order valence-corrected chi connectivity index (χ0v) is 23.8. The van der Waals surface area contributed by atoms with Crippen LogP contribution in [0.2, 0.25) is 5.02 Å². The van der Waals surface area contributed by atoms with E-state index < -0.39 is 12.0 Å². The van der Waals surface area contributed by atoms with Crippen LogP contribution in [0, 0.1) is 0 Å². The fourth-order valence-corrected chi connectivity index (χ4v) is 5.70. The van der Waals surface area contributed by atoms with E-state index >= 15 is 0 Å². The monoisotopic (exact) mass is 574 g/mol. The molecular weight excluding hydrogens is 548 g/mol. The average Bonchev–Trinajstić information content (AvgIpc) is 3.26. The van der Waals surface area contributed by atoms with E-state index in [0.29, 0.717) is 43.7 Å². The normalized spacial score (nSPS) is 14.9. The maximum atomic E-state index is 13.8. The zero-order valence-electron chi connectivity index (χ0n) is 22.2. The van der Waals surface area contributed by atoms with E-state index in [-0.39, 0.29) is 12.2 Å². The topological polar surface area (TPSA) is 79.1 Å². The Morgan fingerprint density at radius 1 is 1.07 bits per heavy atom. The molecule has 0 unspecified atom stereocenters. The first kappa shape index (κ1) is 27.4. The van der Waals surface area contributed by atoms with Crippen LogP contribution in [0.5, 0.6) is 11.5 Å². The Morgan fingerprint density at radius 2 is 1.82 bits per heavy atom. The van der Waals surface area contributed by atoms with Crippen molar-refractivity contribution >= 4 is 35.0 Å². The second-order valence-corrected chi connectivity index (χ2v) is 10.5. The van der Waals surface area contributed by atoms with Crippen LogP contribution in [0.1, 0.15) is 36.6 Å². The molecule has 0 radical (unpaired) electrons. The molecule has 3 aromatic carbocycles. The van der Waals surface area contributed by atoms with Crippen molar-refractivity contribution in [2.24, 2.45) is 4.99 Å². The van der Waals surface area contributed by atoms with Gasteiger partial charge in [-0.25, -0.2) is 9.79 Å². The maximum absolute atomic E-state index is 13.8. The smallest absolute Gasteiger partial charge is 0.338 e. The Hall–Kier alpha value is -4.14. The number of fused-ring (bicyclic) bond motifs is 1. The molecule has 0 amide bonds. The number of thiazole rings is 1. The predicted octanol–water partition coefficient (Wildman–Crippen LogP) is 5.04. The van der Waals surface area contributed by atoms with Gasteiger partial charge in [-0.3, -0.25) is 9.36 Å². The van der Waals surface area contributed by atoms with Crippen LogP contribution < -0.4 is 24.4 Å². The number of carbonyl (C=O) groups excluding carboxylic acids is 1. The summed E-state index contributed by atoms with van der Waals surface area (Å²) in [6, 6.07) is 21.8. The molecule has 0 spiro atoms. The van der Waals surface area contributed by atoms with Crippen molar-refractivity contribution in [3.05, 3.63) is 125 Å². The molecule has 5 rings (SSSR count). The van der Waals surface area contributed by atoms with Gasteiger partial charge in [0.1, 0.15) is 6.61 Å². The van der Waals surface area contributed by atoms with Crippen LogP contribution in [0.15, 0.2) is 93.9 Å². The number of ether oxygens (including phenoxy) is 3. The first-order chi connectivity index (χ1) is 19.4. The van der Waals surface area contributed by atoms with Crippen LogP contribution in [0.4, 0.5) is 0 Å². The van der Waals surface area contributed by atoms with E-state index in [9.17, 15) is 9.59 Å². The summed E-state index contributed by atoms with van der Waals surface area (Å²) in [5.74, 6) is 0.646. The van der Waals surface area contributed by atoms with Crippen molar-refractivity contribution in [1.82, 2.24) is 4.57 Å². The molecule has 1 aliphatic rings. The number of rotatable bonds is 8. The van der Waals surface area contributed by atoms with E-state index in [1.807, 2.05) is 48.5 Å². The summed E-state index contributed by atoms with van der Waals surface area (Å²) in [5, 5.41) is 0.555. The van der Waals surface area contributed by atoms with E-state index in [1.54, 1.807) is 55.9 Å². The Kier molecular flexibility index (Phi) is 8.19. The standard InChI is InChI=1S/C31H27ClN2O5S/c1-4-38-30(36)27-19(2)33-31-34(28(27)22-11-13-23(32)14-12-22)29(35)26(40-31)17-21-10-15-24(25(16-21)37-3)39-18-20-8-6-5-7-9-20/h5-17,28H,4,18H2,1-3H3/t28-/m0/s1. The second kappa shape index (κ2) is 11.9. The molecule has 40 heavy (non-hydrogen) atoms. The zero-order chi connectivity index (χ0) is 28.2. The fraction of sp³-hybridized carbons (Fsp3) is 0.194. The molecule has 1 atom stereocenters. The lowest BCUT2D eigenvalue weighted by molar-refractivity contribution is -0.139. The molecule has 0 saturated carbocycles. The third-order valence-corrected chi connectivity index (χ3v) is 7.66. The molecule has 4 aromatic rings. The quantitative estimate of drug-likeness (QED) is 0.276. The summed E-state index contributed by atoms with van der Waals surface area (Å²) in [6.07, 6.45) is 1.79. The van der Waals surface area contributed by atoms with Crippen molar-refractivity contribution in [2.45, 2.75) is 26.5 Å². The number of halogens is 1. The van der Waals surface area contributed by atoms with Gasteiger partial charge in [0.15, 0.2) is 16.3 Å². The summed E-state index contributed by atoms with van der Waals surface area (Å²) in [4.78, 5) is 31.9. The lowest BCUT2D eigenvalue weighted by atomic mass is 9.96. The molecule has 0 aliphatic carbocycles. The van der Waals surface area contributed by atoms with Gasteiger partial charge in [-0.15, -0.1) is 0 Å². The molecule has 0 N–H and O–H groups in total. The van der Waals surface area contributed by atoms with Crippen molar-refractivity contribution in [1.29, 1.82) is 0 Å². The first-order valence-corrected chi connectivity index (χ1v) is 13.9. The molecule has 7 nitrogen and oxygen atoms in total. The first-order valence-electron chi connectivity index (χ1n) is 12.7. The minimum absolute atomic E-state index is 0.209. The molecule has 0 fully saturated rings. The predicted molar refractivity (Wildman–Crippen MR) is 156 cm³/mol. The lowest BCUT2D eigenvalue weighted by Gasteiger charge is -2.24. The summed E-state index contributed by atoms with van der Waals surface area (Å²) in [6.45, 7) is 4.11. The number of methoxy groups -OCH3 is 1. The highest BCUT2D eigenvalue weighted by atomic mass is 35.5. The maximum Gasteiger partial charge on any atom is 0.338 e. The van der Waals surface area contributed by atoms with Crippen molar-refractivity contribution < 1.29 is 19.0 Å². The summed E-state index contributed by atoms with van der Waals surface area (Å²) >= 11 is 7.39. The third kappa shape index (κ3) is 5.59. The van der Waals surface area contributed by atoms with Gasteiger partial charge in [-0.2, -0.15) is 0 Å². The largest absolute Gasteiger partial charge is 0.493 e. The van der Waals surface area contributed by atoms with Gasteiger partial charge in [-0.05, 0) is 60.9 Å². The number of nitrogens with zero attached hydrogens (tertiary/aromatic N) is 2. The summed E-state index contributed by atoms with van der Waals surface area (Å²) in [5.41, 5.74) is 3.11. The van der Waals surface area contributed by atoms with Crippen LogP contribution in [-0.4, -0.2) is 24.3 Å². The lowest BCUT2D eigenvalue weighted by Crippen LogP contribution is -2.39. The number of carbonyl (C=O) groups is 1. The molecule has 9 heteroatoms. The van der Waals surface area contributed by atoms with Crippen LogP contribution in [0.25, 0.3) is 6.08 Å². The van der Waals surface area contributed by atoms with E-state index in [2.05, 4.69) is 4.99 Å². The van der Waals surface area contributed by atoms with Gasteiger partial charge in [0, 0.05) is 5.02 Å². The Bertz CT molecular complexity index is 1760.